The van der Waals surface area contributed by atoms with Gasteiger partial charge in [-0.3, -0.25) is 9.00 Å². The van der Waals surface area contributed by atoms with Gasteiger partial charge in [0.2, 0.25) is 0 Å². The molecule has 1 aromatic carbocycles. The molecule has 1 heterocycles. The van der Waals surface area contributed by atoms with E-state index in [-0.39, 0.29) is 12.4 Å². The topological polar surface area (TPSA) is 61.2 Å². The van der Waals surface area contributed by atoms with Crippen LogP contribution >= 0.6 is 0 Å². The molecule has 0 fully saturated rings. The van der Waals surface area contributed by atoms with Crippen LogP contribution in [0, 0.1) is 5.92 Å². The van der Waals surface area contributed by atoms with Crippen molar-refractivity contribution in [2.75, 3.05) is 12.9 Å². The zero-order valence-electron chi connectivity index (χ0n) is 15.2. The number of aromatic nitrogens is 2. The lowest BCUT2D eigenvalue weighted by Crippen LogP contribution is -2.31. The predicted molar refractivity (Wildman–Crippen MR) is 97.3 cm³/mol. The van der Waals surface area contributed by atoms with Crippen LogP contribution in [0.1, 0.15) is 20.3 Å². The second kappa shape index (κ2) is 8.69. The second-order valence-electron chi connectivity index (χ2n) is 6.47. The maximum atomic E-state index is 12.7. The van der Waals surface area contributed by atoms with Gasteiger partial charge in [-0.05, 0) is 30.0 Å². The number of benzene rings is 1. The van der Waals surface area contributed by atoms with Gasteiger partial charge in [0.25, 0.3) is 0 Å². The molecule has 1 aromatic heterocycles. The molecular formula is C18H21F3N2O3S. The predicted octanol–water partition coefficient (Wildman–Crippen LogP) is 3.63. The summed E-state index contributed by atoms with van der Waals surface area (Å²) in [6.45, 7) is 2.66. The molecule has 1 unspecified atom stereocenters. The highest BCUT2D eigenvalue weighted by molar-refractivity contribution is 7.84. The van der Waals surface area contributed by atoms with Crippen molar-refractivity contribution in [1.82, 2.24) is 9.78 Å². The van der Waals surface area contributed by atoms with E-state index in [1.807, 2.05) is 13.8 Å². The highest BCUT2D eigenvalue weighted by atomic mass is 32.2. The molecule has 0 aliphatic heterocycles. The normalized spacial score (nSPS) is 13.0. The molecule has 0 saturated carbocycles. The quantitative estimate of drug-likeness (QED) is 0.710. The molecule has 1 atom stereocenters. The van der Waals surface area contributed by atoms with Crippen LogP contribution in [0.2, 0.25) is 0 Å². The number of halogens is 3. The molecule has 148 valence electrons. The van der Waals surface area contributed by atoms with E-state index in [0.717, 1.165) is 0 Å². The van der Waals surface area contributed by atoms with Crippen molar-refractivity contribution < 1.29 is 22.1 Å². The van der Waals surface area contributed by atoms with Crippen molar-refractivity contribution in [2.45, 2.75) is 37.9 Å². The van der Waals surface area contributed by atoms with E-state index in [4.69, 9.17) is 4.74 Å². The van der Waals surface area contributed by atoms with Crippen LogP contribution in [-0.2, 0) is 17.3 Å². The van der Waals surface area contributed by atoms with E-state index in [9.17, 15) is 22.2 Å². The summed E-state index contributed by atoms with van der Waals surface area (Å²) in [5.41, 5.74) is -0.0835. The molecule has 9 heteroatoms. The molecule has 0 saturated heterocycles. The van der Waals surface area contributed by atoms with Crippen LogP contribution < -0.4 is 10.3 Å². The summed E-state index contributed by atoms with van der Waals surface area (Å²) in [7, 11) is -1.17. The molecular weight excluding hydrogens is 381 g/mol. The van der Waals surface area contributed by atoms with Gasteiger partial charge in [0.1, 0.15) is 6.54 Å². The fraction of sp³-hybridized carbons (Fsp3) is 0.444. The van der Waals surface area contributed by atoms with Crippen LogP contribution in [0.4, 0.5) is 13.2 Å². The first-order valence-electron chi connectivity index (χ1n) is 8.32. The number of hydrogen-bond acceptors (Lipinski definition) is 4. The molecule has 5 nitrogen and oxygen atoms in total. The maximum Gasteiger partial charge on any atom is 0.408 e. The van der Waals surface area contributed by atoms with Crippen molar-refractivity contribution in [3.05, 3.63) is 40.8 Å². The molecule has 0 radical (unpaired) electrons. The summed E-state index contributed by atoms with van der Waals surface area (Å²) < 4.78 is 55.5. The third kappa shape index (κ3) is 5.92. The highest BCUT2D eigenvalue weighted by Crippen LogP contribution is 2.28. The van der Waals surface area contributed by atoms with Crippen LogP contribution in [0.3, 0.4) is 0 Å². The van der Waals surface area contributed by atoms with E-state index in [1.165, 1.54) is 12.5 Å². The van der Waals surface area contributed by atoms with E-state index >= 15 is 0 Å². The van der Waals surface area contributed by atoms with Crippen LogP contribution in [0.5, 0.6) is 5.75 Å². The third-order valence-corrected chi connectivity index (χ3v) is 4.70. The molecule has 2 rings (SSSR count). The zero-order chi connectivity index (χ0) is 20.2. The Hall–Kier alpha value is -2.16. The first kappa shape index (κ1) is 21.1. The van der Waals surface area contributed by atoms with Gasteiger partial charge in [-0.15, -0.1) is 0 Å². The summed E-state index contributed by atoms with van der Waals surface area (Å²) in [5.74, 6) is 0.145. The third-order valence-electron chi connectivity index (χ3n) is 3.77. The van der Waals surface area contributed by atoms with E-state index in [2.05, 4.69) is 5.10 Å². The molecule has 0 aliphatic rings. The minimum Gasteiger partial charge on any atom is -0.487 e. The van der Waals surface area contributed by atoms with Gasteiger partial charge in [-0.2, -0.15) is 18.3 Å². The fourth-order valence-electron chi connectivity index (χ4n) is 2.32. The molecule has 0 N–H and O–H groups in total. The minimum atomic E-state index is -4.57. The molecule has 2 aromatic rings. The van der Waals surface area contributed by atoms with Gasteiger partial charge >= 0.3 is 11.7 Å². The van der Waals surface area contributed by atoms with Crippen molar-refractivity contribution in [2.24, 2.45) is 5.92 Å². The first-order valence-corrected chi connectivity index (χ1v) is 9.88. The zero-order valence-corrected chi connectivity index (χ0v) is 16.1. The Morgan fingerprint density at radius 1 is 1.22 bits per heavy atom. The van der Waals surface area contributed by atoms with E-state index in [0.29, 0.717) is 33.0 Å². The first-order chi connectivity index (χ1) is 12.6. The summed E-state index contributed by atoms with van der Waals surface area (Å²) in [5, 5.41) is 3.65. The Balaban J connectivity index is 2.46. The standard InChI is InChI=1S/C18H21F3N2O3S/c1-12(2)8-9-26-16-15(13-4-6-14(7-5-13)27(3)25)10-22-23(17(16)24)11-18(19,20)21/h4-7,10,12H,8-9,11H2,1-3H3. The lowest BCUT2D eigenvalue weighted by molar-refractivity contribution is -0.143. The number of nitrogens with zero attached hydrogens (tertiary/aromatic N) is 2. The van der Waals surface area contributed by atoms with Gasteiger partial charge in [-0.25, -0.2) is 4.68 Å². The highest BCUT2D eigenvalue weighted by Gasteiger charge is 2.30. The minimum absolute atomic E-state index is 0.166. The average Bonchev–Trinajstić information content (AvgIpc) is 2.57. The van der Waals surface area contributed by atoms with Gasteiger partial charge in [-0.1, -0.05) is 26.0 Å². The van der Waals surface area contributed by atoms with Gasteiger partial charge in [0.05, 0.1) is 12.8 Å². The average molecular weight is 402 g/mol. The van der Waals surface area contributed by atoms with Crippen molar-refractivity contribution in [1.29, 1.82) is 0 Å². The monoisotopic (exact) mass is 402 g/mol. The summed E-state index contributed by atoms with van der Waals surface area (Å²) in [4.78, 5) is 13.1. The maximum absolute atomic E-state index is 12.7. The smallest absolute Gasteiger partial charge is 0.408 e. The fourth-order valence-corrected chi connectivity index (χ4v) is 2.84. The Bertz CT molecular complexity index is 862. The lowest BCUT2D eigenvalue weighted by Gasteiger charge is -2.15. The summed E-state index contributed by atoms with van der Waals surface area (Å²) >= 11 is 0. The Morgan fingerprint density at radius 3 is 2.37 bits per heavy atom. The largest absolute Gasteiger partial charge is 0.487 e. The van der Waals surface area contributed by atoms with Crippen LogP contribution in [0.15, 0.2) is 40.2 Å². The van der Waals surface area contributed by atoms with Gasteiger partial charge < -0.3 is 4.74 Å². The second-order valence-corrected chi connectivity index (χ2v) is 7.85. The molecule has 27 heavy (non-hydrogen) atoms. The van der Waals surface area contributed by atoms with Crippen molar-refractivity contribution in [3.63, 3.8) is 0 Å². The Kier molecular flexibility index (Phi) is 6.80. The van der Waals surface area contributed by atoms with E-state index in [1.54, 1.807) is 24.3 Å². The molecule has 0 amide bonds. The summed E-state index contributed by atoms with van der Waals surface area (Å²) in [6.07, 6.45) is -1.19. The molecule has 0 spiro atoms. The van der Waals surface area contributed by atoms with Crippen LogP contribution in [0.25, 0.3) is 11.1 Å². The van der Waals surface area contributed by atoms with Gasteiger partial charge in [0, 0.05) is 27.5 Å². The van der Waals surface area contributed by atoms with Crippen molar-refractivity contribution >= 4 is 10.8 Å². The van der Waals surface area contributed by atoms with Gasteiger partial charge in [0.15, 0.2) is 5.75 Å². The Morgan fingerprint density at radius 2 is 1.85 bits per heavy atom. The Labute approximate surface area is 157 Å². The van der Waals surface area contributed by atoms with Crippen LogP contribution in [-0.4, -0.2) is 33.0 Å². The number of alkyl halides is 3. The SMILES string of the molecule is CC(C)CCOc1c(-c2ccc(S(C)=O)cc2)cnn(CC(F)(F)F)c1=O. The lowest BCUT2D eigenvalue weighted by atomic mass is 10.1. The van der Waals surface area contributed by atoms with E-state index < -0.39 is 29.1 Å². The number of ether oxygens (including phenoxy) is 1. The summed E-state index contributed by atoms with van der Waals surface area (Å²) in [6, 6.07) is 6.53. The number of hydrogen-bond donors (Lipinski definition) is 0. The molecule has 0 aliphatic carbocycles. The number of rotatable bonds is 7. The molecule has 0 bridgehead atoms. The van der Waals surface area contributed by atoms with Crippen molar-refractivity contribution in [3.8, 4) is 16.9 Å².